The van der Waals surface area contributed by atoms with Gasteiger partial charge in [0.25, 0.3) is 10.0 Å². The zero-order valence-corrected chi connectivity index (χ0v) is 11.2. The minimum absolute atomic E-state index is 0.167. The molecule has 2 heterocycles. The van der Waals surface area contributed by atoms with Crippen molar-refractivity contribution >= 4 is 16.0 Å². The summed E-state index contributed by atoms with van der Waals surface area (Å²) in [6, 6.07) is 0. The first-order valence-corrected chi connectivity index (χ1v) is 7.29. The monoisotopic (exact) mass is 289 g/mol. The first-order valence-electron chi connectivity index (χ1n) is 5.85. The molecular formula is C10H15N3O5S. The maximum Gasteiger partial charge on any atom is 0.340 e. The fourth-order valence-electron chi connectivity index (χ4n) is 1.91. The lowest BCUT2D eigenvalue weighted by Gasteiger charge is -2.31. The second kappa shape index (κ2) is 5.27. The van der Waals surface area contributed by atoms with E-state index < -0.39 is 16.0 Å². The number of nitrogens with one attached hydrogen (secondary N) is 1. The van der Waals surface area contributed by atoms with Gasteiger partial charge < -0.3 is 9.84 Å². The van der Waals surface area contributed by atoms with E-state index in [4.69, 9.17) is 9.84 Å². The zero-order chi connectivity index (χ0) is 14.0. The van der Waals surface area contributed by atoms with Gasteiger partial charge in [-0.3, -0.25) is 5.10 Å². The molecule has 1 aliphatic heterocycles. The maximum atomic E-state index is 12.4. The molecule has 0 aromatic carbocycles. The van der Waals surface area contributed by atoms with Gasteiger partial charge in [0, 0.05) is 13.1 Å². The highest BCUT2D eigenvalue weighted by atomic mass is 32.2. The minimum atomic E-state index is -3.88. The molecule has 106 valence electrons. The molecule has 2 N–H and O–H groups in total. The van der Waals surface area contributed by atoms with Gasteiger partial charge in [0.1, 0.15) is 5.56 Å². The number of aromatic nitrogens is 2. The molecule has 9 heteroatoms. The average Bonchev–Trinajstić information content (AvgIpc) is 2.89. The molecule has 0 saturated carbocycles. The Morgan fingerprint density at radius 1 is 1.68 bits per heavy atom. The number of carbonyl (C=O) groups is 1. The van der Waals surface area contributed by atoms with Crippen LogP contribution in [0.1, 0.15) is 23.7 Å². The van der Waals surface area contributed by atoms with Gasteiger partial charge in [0.15, 0.2) is 5.03 Å². The van der Waals surface area contributed by atoms with Crippen LogP contribution in [0.25, 0.3) is 0 Å². The topological polar surface area (TPSA) is 113 Å². The summed E-state index contributed by atoms with van der Waals surface area (Å²) in [5.41, 5.74) is -0.348. The van der Waals surface area contributed by atoms with Gasteiger partial charge in [-0.25, -0.2) is 13.2 Å². The standard InChI is InChI=1S/C10H15N3O5S/c1-2-7-6-13(3-4-18-7)19(16,17)9-8(10(14)15)5-11-12-9/h5,7H,2-4,6H2,1H3,(H,11,12)(H,14,15). The van der Waals surface area contributed by atoms with E-state index in [-0.39, 0.29) is 29.8 Å². The highest BCUT2D eigenvalue weighted by Crippen LogP contribution is 2.20. The van der Waals surface area contributed by atoms with Crippen molar-refractivity contribution in [2.75, 3.05) is 19.7 Å². The van der Waals surface area contributed by atoms with Gasteiger partial charge in [0.05, 0.1) is 18.9 Å². The number of aromatic amines is 1. The lowest BCUT2D eigenvalue weighted by Crippen LogP contribution is -2.45. The number of ether oxygens (including phenoxy) is 1. The summed E-state index contributed by atoms with van der Waals surface area (Å²) in [6.45, 7) is 2.63. The Morgan fingerprint density at radius 2 is 2.42 bits per heavy atom. The van der Waals surface area contributed by atoms with Crippen LogP contribution in [-0.4, -0.2) is 59.8 Å². The lowest BCUT2D eigenvalue weighted by molar-refractivity contribution is -0.00286. The molecule has 0 aliphatic carbocycles. The van der Waals surface area contributed by atoms with E-state index in [1.54, 1.807) is 0 Å². The number of rotatable bonds is 4. The summed E-state index contributed by atoms with van der Waals surface area (Å²) in [5.74, 6) is -1.33. The second-order valence-electron chi connectivity index (χ2n) is 4.18. The van der Waals surface area contributed by atoms with E-state index in [1.807, 2.05) is 6.92 Å². The number of hydrogen-bond donors (Lipinski definition) is 2. The molecule has 1 atom stereocenters. The van der Waals surface area contributed by atoms with E-state index in [0.717, 1.165) is 6.20 Å². The third kappa shape index (κ3) is 2.62. The summed E-state index contributed by atoms with van der Waals surface area (Å²) in [7, 11) is -3.88. The van der Waals surface area contributed by atoms with Gasteiger partial charge in [0.2, 0.25) is 0 Å². The highest BCUT2D eigenvalue weighted by molar-refractivity contribution is 7.89. The molecule has 1 fully saturated rings. The molecule has 1 unspecified atom stereocenters. The van der Waals surface area contributed by atoms with Crippen molar-refractivity contribution in [2.24, 2.45) is 0 Å². The van der Waals surface area contributed by atoms with Crippen molar-refractivity contribution in [3.8, 4) is 0 Å². The van der Waals surface area contributed by atoms with Crippen molar-refractivity contribution in [1.82, 2.24) is 14.5 Å². The lowest BCUT2D eigenvalue weighted by atomic mass is 10.2. The molecule has 8 nitrogen and oxygen atoms in total. The van der Waals surface area contributed by atoms with Gasteiger partial charge in [-0.15, -0.1) is 0 Å². The Morgan fingerprint density at radius 3 is 3.05 bits per heavy atom. The van der Waals surface area contributed by atoms with Crippen molar-refractivity contribution in [2.45, 2.75) is 24.5 Å². The number of aromatic carboxylic acids is 1. The molecule has 19 heavy (non-hydrogen) atoms. The minimum Gasteiger partial charge on any atom is -0.478 e. The predicted molar refractivity (Wildman–Crippen MR) is 64.3 cm³/mol. The third-order valence-electron chi connectivity index (χ3n) is 2.99. The molecule has 0 spiro atoms. The quantitative estimate of drug-likeness (QED) is 0.801. The van der Waals surface area contributed by atoms with E-state index in [1.165, 1.54) is 4.31 Å². The molecule has 1 aromatic rings. The fraction of sp³-hybridized carbons (Fsp3) is 0.600. The summed E-state index contributed by atoms with van der Waals surface area (Å²) in [6.07, 6.45) is 1.52. The Bertz CT molecular complexity index is 567. The highest BCUT2D eigenvalue weighted by Gasteiger charge is 2.34. The Labute approximate surface area is 110 Å². The molecule has 1 aliphatic rings. The van der Waals surface area contributed by atoms with Gasteiger partial charge in [-0.05, 0) is 6.42 Å². The number of sulfonamides is 1. The molecular weight excluding hydrogens is 274 g/mol. The summed E-state index contributed by atoms with van der Waals surface area (Å²) < 4.78 is 31.4. The van der Waals surface area contributed by atoms with Crippen LogP contribution in [0.5, 0.6) is 0 Å². The van der Waals surface area contributed by atoms with Gasteiger partial charge in [-0.2, -0.15) is 9.40 Å². The van der Waals surface area contributed by atoms with Crippen molar-refractivity contribution in [3.05, 3.63) is 11.8 Å². The van der Waals surface area contributed by atoms with Crippen LogP contribution >= 0.6 is 0 Å². The molecule has 2 rings (SSSR count). The number of morpholine rings is 1. The first kappa shape index (κ1) is 14.0. The van der Waals surface area contributed by atoms with Crippen LogP contribution in [0.4, 0.5) is 0 Å². The molecule has 0 amide bonds. The summed E-state index contributed by atoms with van der Waals surface area (Å²) >= 11 is 0. The van der Waals surface area contributed by atoms with Crippen molar-refractivity contribution in [3.63, 3.8) is 0 Å². The molecule has 0 bridgehead atoms. The van der Waals surface area contributed by atoms with Gasteiger partial charge in [-0.1, -0.05) is 6.92 Å². The Hall–Kier alpha value is -1.45. The van der Waals surface area contributed by atoms with E-state index in [2.05, 4.69) is 10.2 Å². The molecule has 1 aromatic heterocycles. The van der Waals surface area contributed by atoms with Crippen LogP contribution in [0, 0.1) is 0 Å². The fourth-order valence-corrected chi connectivity index (χ4v) is 3.43. The first-order chi connectivity index (χ1) is 8.96. The van der Waals surface area contributed by atoms with Crippen molar-refractivity contribution in [1.29, 1.82) is 0 Å². The van der Waals surface area contributed by atoms with Crippen LogP contribution in [-0.2, 0) is 14.8 Å². The number of carboxylic acids is 1. The van der Waals surface area contributed by atoms with Crippen LogP contribution in [0.2, 0.25) is 0 Å². The van der Waals surface area contributed by atoms with E-state index >= 15 is 0 Å². The van der Waals surface area contributed by atoms with Crippen LogP contribution in [0.3, 0.4) is 0 Å². The number of carboxylic acid groups (broad SMARTS) is 1. The van der Waals surface area contributed by atoms with E-state index in [0.29, 0.717) is 13.0 Å². The van der Waals surface area contributed by atoms with E-state index in [9.17, 15) is 13.2 Å². The summed E-state index contributed by atoms with van der Waals surface area (Å²) in [4.78, 5) is 11.0. The second-order valence-corrected chi connectivity index (χ2v) is 6.06. The Kier molecular flexibility index (Phi) is 3.88. The molecule has 1 saturated heterocycles. The number of H-pyrrole nitrogens is 1. The third-order valence-corrected chi connectivity index (χ3v) is 4.83. The summed E-state index contributed by atoms with van der Waals surface area (Å²) in [5, 5.41) is 14.3. The zero-order valence-electron chi connectivity index (χ0n) is 10.4. The molecule has 0 radical (unpaired) electrons. The normalized spacial score (nSPS) is 21.4. The maximum absolute atomic E-state index is 12.4. The average molecular weight is 289 g/mol. The predicted octanol–water partition coefficient (Wildman–Crippen LogP) is -0.0926. The SMILES string of the molecule is CCC1CN(S(=O)(=O)c2[nH]ncc2C(=O)O)CCO1. The van der Waals surface area contributed by atoms with Gasteiger partial charge >= 0.3 is 5.97 Å². The van der Waals surface area contributed by atoms with Crippen LogP contribution < -0.4 is 0 Å². The largest absolute Gasteiger partial charge is 0.478 e. The van der Waals surface area contributed by atoms with Crippen molar-refractivity contribution < 1.29 is 23.1 Å². The number of nitrogens with zero attached hydrogens (tertiary/aromatic N) is 2. The smallest absolute Gasteiger partial charge is 0.340 e. The Balaban J connectivity index is 2.31. The number of hydrogen-bond acceptors (Lipinski definition) is 5. The van der Waals surface area contributed by atoms with Crippen LogP contribution in [0.15, 0.2) is 11.2 Å².